The van der Waals surface area contributed by atoms with Crippen molar-refractivity contribution in [1.29, 1.82) is 0 Å². The first-order valence-corrected chi connectivity index (χ1v) is 12.4. The summed E-state index contributed by atoms with van der Waals surface area (Å²) < 4.78 is 12.2. The Hall–Kier alpha value is -4.72. The quantitative estimate of drug-likeness (QED) is 0.168. The van der Waals surface area contributed by atoms with Crippen molar-refractivity contribution in [2.75, 3.05) is 0 Å². The number of ether oxygens (including phenoxy) is 2. The predicted octanol–water partition coefficient (Wildman–Crippen LogP) is 8.65. The van der Waals surface area contributed by atoms with Gasteiger partial charge in [-0.1, -0.05) is 38.1 Å². The molecule has 0 aliphatic rings. The van der Waals surface area contributed by atoms with Crippen molar-refractivity contribution in [3.8, 4) is 23.0 Å². The van der Waals surface area contributed by atoms with Gasteiger partial charge in [0.2, 0.25) is 0 Å². The van der Waals surface area contributed by atoms with E-state index in [2.05, 4.69) is 13.8 Å². The Morgan fingerprint density at radius 2 is 0.846 bits per heavy atom. The van der Waals surface area contributed by atoms with Gasteiger partial charge in [0.15, 0.2) is 0 Å². The fourth-order valence-corrected chi connectivity index (χ4v) is 4.67. The first-order valence-electron chi connectivity index (χ1n) is 12.4. The molecule has 0 spiro atoms. The van der Waals surface area contributed by atoms with Crippen LogP contribution in [-0.4, -0.2) is 9.85 Å². The summed E-state index contributed by atoms with van der Waals surface area (Å²) in [6, 6.07) is 21.7. The molecule has 0 saturated heterocycles. The third-order valence-electron chi connectivity index (χ3n) is 6.90. The summed E-state index contributed by atoms with van der Waals surface area (Å²) in [5.41, 5.74) is 4.76. The zero-order chi connectivity index (χ0) is 28.5. The lowest BCUT2D eigenvalue weighted by Crippen LogP contribution is -2.18. The van der Waals surface area contributed by atoms with Crippen LogP contribution in [0.4, 0.5) is 11.4 Å². The average Bonchev–Trinajstić information content (AvgIpc) is 2.88. The highest BCUT2D eigenvalue weighted by atomic mass is 16.6. The molecule has 0 aromatic heterocycles. The van der Waals surface area contributed by atoms with Crippen molar-refractivity contribution in [3.63, 3.8) is 0 Å². The molecule has 4 aromatic carbocycles. The summed E-state index contributed by atoms with van der Waals surface area (Å²) >= 11 is 0. The van der Waals surface area contributed by atoms with Crippen molar-refractivity contribution in [1.82, 2.24) is 0 Å². The maximum Gasteiger partial charge on any atom is 0.270 e. The van der Waals surface area contributed by atoms with Gasteiger partial charge in [0.05, 0.1) is 9.85 Å². The summed E-state index contributed by atoms with van der Waals surface area (Å²) in [6.45, 7) is 11.5. The number of nitrogens with zero attached hydrogens (tertiary/aromatic N) is 2. The van der Waals surface area contributed by atoms with Gasteiger partial charge in [-0.3, -0.25) is 20.2 Å². The van der Waals surface area contributed by atoms with Gasteiger partial charge in [0, 0.05) is 29.7 Å². The molecule has 0 fully saturated rings. The molecule has 200 valence electrons. The molecule has 0 amide bonds. The summed E-state index contributed by atoms with van der Waals surface area (Å²) in [4.78, 5) is 21.4. The summed E-state index contributed by atoms with van der Waals surface area (Å²) in [5, 5.41) is 22.2. The highest BCUT2D eigenvalue weighted by molar-refractivity contribution is 5.52. The lowest BCUT2D eigenvalue weighted by molar-refractivity contribution is -0.385. The normalized spacial score (nSPS) is 11.2. The Morgan fingerprint density at radius 1 is 0.564 bits per heavy atom. The predicted molar refractivity (Wildman–Crippen MR) is 150 cm³/mol. The van der Waals surface area contributed by atoms with Crippen LogP contribution in [0.3, 0.4) is 0 Å². The van der Waals surface area contributed by atoms with Gasteiger partial charge in [-0.05, 0) is 85.3 Å². The average molecular weight is 527 g/mol. The van der Waals surface area contributed by atoms with E-state index in [1.165, 1.54) is 24.3 Å². The second-order valence-corrected chi connectivity index (χ2v) is 10.2. The molecule has 0 atom stereocenters. The lowest BCUT2D eigenvalue weighted by Gasteiger charge is -2.26. The van der Waals surface area contributed by atoms with E-state index in [1.807, 2.05) is 48.5 Å². The van der Waals surface area contributed by atoms with E-state index in [9.17, 15) is 20.2 Å². The SMILES string of the molecule is Cc1cc([N+](=O)[O-])cc(C)c1Oc1ccc(C(C)(C)c2ccc(Oc3c(C)cc([N+](=O)[O-])cc3C)cc2)cc1. The Bertz CT molecular complexity index is 1390. The van der Waals surface area contributed by atoms with E-state index in [0.717, 1.165) is 11.1 Å². The molecular weight excluding hydrogens is 496 g/mol. The number of non-ortho nitro benzene ring substituents is 2. The van der Waals surface area contributed by atoms with Crippen molar-refractivity contribution in [2.45, 2.75) is 47.0 Å². The number of nitro benzene ring substituents is 2. The van der Waals surface area contributed by atoms with Crippen LogP contribution in [0.15, 0.2) is 72.8 Å². The van der Waals surface area contributed by atoms with Gasteiger partial charge in [-0.2, -0.15) is 0 Å². The van der Waals surface area contributed by atoms with Crippen LogP contribution in [0.2, 0.25) is 0 Å². The Kier molecular flexibility index (Phi) is 7.40. The van der Waals surface area contributed by atoms with Gasteiger partial charge >= 0.3 is 0 Å². The zero-order valence-electron chi connectivity index (χ0n) is 22.8. The maximum absolute atomic E-state index is 11.1. The highest BCUT2D eigenvalue weighted by Crippen LogP contribution is 2.37. The van der Waals surface area contributed by atoms with E-state index < -0.39 is 9.85 Å². The van der Waals surface area contributed by atoms with Gasteiger partial charge in [0.1, 0.15) is 23.0 Å². The topological polar surface area (TPSA) is 105 Å². The monoisotopic (exact) mass is 526 g/mol. The van der Waals surface area contributed by atoms with Gasteiger partial charge in [-0.15, -0.1) is 0 Å². The number of rotatable bonds is 8. The van der Waals surface area contributed by atoms with Crippen LogP contribution >= 0.6 is 0 Å². The molecule has 8 nitrogen and oxygen atoms in total. The standard InChI is InChI=1S/C31H30N2O6/c1-19-15-25(32(34)35)16-20(2)29(19)38-27-11-7-23(8-12-27)31(5,6)24-9-13-28(14-10-24)39-30-21(3)17-26(33(36)37)18-22(30)4/h7-18H,1-6H3. The van der Waals surface area contributed by atoms with Gasteiger partial charge in [0.25, 0.3) is 11.4 Å². The van der Waals surface area contributed by atoms with Crippen LogP contribution in [0.25, 0.3) is 0 Å². The molecule has 0 bridgehead atoms. The zero-order valence-corrected chi connectivity index (χ0v) is 22.8. The number of hydrogen-bond donors (Lipinski definition) is 0. The molecule has 0 saturated carbocycles. The molecule has 4 aromatic rings. The van der Waals surface area contributed by atoms with Gasteiger partial charge in [-0.25, -0.2) is 0 Å². The minimum absolute atomic E-state index is 0.0453. The van der Waals surface area contributed by atoms with E-state index >= 15 is 0 Å². The minimum atomic E-state index is -0.406. The van der Waals surface area contributed by atoms with Crippen molar-refractivity contribution < 1.29 is 19.3 Å². The van der Waals surface area contributed by atoms with Crippen LogP contribution in [0.1, 0.15) is 47.2 Å². The fraction of sp³-hybridized carbons (Fsp3) is 0.226. The molecule has 0 radical (unpaired) electrons. The third kappa shape index (κ3) is 5.75. The van der Waals surface area contributed by atoms with E-state index in [0.29, 0.717) is 45.3 Å². The maximum atomic E-state index is 11.1. The molecule has 0 N–H and O–H groups in total. The number of nitro groups is 2. The van der Waals surface area contributed by atoms with Crippen LogP contribution in [0.5, 0.6) is 23.0 Å². The Morgan fingerprint density at radius 3 is 1.10 bits per heavy atom. The molecule has 0 heterocycles. The molecule has 0 aliphatic carbocycles. The molecule has 8 heteroatoms. The molecule has 0 unspecified atom stereocenters. The summed E-state index contributed by atoms with van der Waals surface area (Å²) in [7, 11) is 0. The number of benzene rings is 4. The van der Waals surface area contributed by atoms with E-state index in [-0.39, 0.29) is 16.8 Å². The number of aryl methyl sites for hydroxylation is 4. The van der Waals surface area contributed by atoms with Crippen molar-refractivity contribution in [3.05, 3.63) is 126 Å². The third-order valence-corrected chi connectivity index (χ3v) is 6.90. The summed E-state index contributed by atoms with van der Waals surface area (Å²) in [6.07, 6.45) is 0. The fourth-order valence-electron chi connectivity index (χ4n) is 4.67. The van der Waals surface area contributed by atoms with Crippen molar-refractivity contribution in [2.24, 2.45) is 0 Å². The van der Waals surface area contributed by atoms with E-state index in [4.69, 9.17) is 9.47 Å². The second-order valence-electron chi connectivity index (χ2n) is 10.2. The van der Waals surface area contributed by atoms with Crippen LogP contribution in [-0.2, 0) is 5.41 Å². The second kappa shape index (κ2) is 10.6. The van der Waals surface area contributed by atoms with E-state index in [1.54, 1.807) is 27.7 Å². The van der Waals surface area contributed by atoms with Gasteiger partial charge < -0.3 is 9.47 Å². The molecule has 4 rings (SSSR count). The number of hydrogen-bond acceptors (Lipinski definition) is 6. The Labute approximate surface area is 227 Å². The molecule has 0 aliphatic heterocycles. The molecular formula is C31H30N2O6. The largest absolute Gasteiger partial charge is 0.457 e. The van der Waals surface area contributed by atoms with Crippen LogP contribution in [0, 0.1) is 47.9 Å². The first-order chi connectivity index (χ1) is 18.4. The smallest absolute Gasteiger partial charge is 0.270 e. The summed E-state index contributed by atoms with van der Waals surface area (Å²) in [5.74, 6) is 2.52. The first kappa shape index (κ1) is 27.3. The molecule has 39 heavy (non-hydrogen) atoms. The lowest BCUT2D eigenvalue weighted by atomic mass is 9.78. The van der Waals surface area contributed by atoms with Crippen LogP contribution < -0.4 is 9.47 Å². The van der Waals surface area contributed by atoms with Crippen molar-refractivity contribution >= 4 is 11.4 Å². The highest BCUT2D eigenvalue weighted by Gasteiger charge is 2.24. The minimum Gasteiger partial charge on any atom is -0.457 e. The Balaban J connectivity index is 1.51.